The maximum Gasteiger partial charge on any atom is 0.0211 e. The van der Waals surface area contributed by atoms with Crippen LogP contribution in [0.2, 0.25) is 0 Å². The fourth-order valence-corrected chi connectivity index (χ4v) is 16.6. The van der Waals surface area contributed by atoms with Crippen LogP contribution < -0.4 is 0 Å². The van der Waals surface area contributed by atoms with E-state index in [-0.39, 0.29) is 0 Å². The Morgan fingerprint density at radius 2 is 0.388 bits per heavy atom. The molecule has 4 aliphatic rings. The first-order chi connectivity index (χ1) is 48.6. The van der Waals surface area contributed by atoms with Gasteiger partial charge in [0.1, 0.15) is 0 Å². The predicted molar refractivity (Wildman–Crippen MR) is 426 cm³/mol. The summed E-state index contributed by atoms with van der Waals surface area (Å²) >= 11 is 0. The molecule has 20 aromatic carbocycles. The molecule has 0 N–H and O–H groups in total. The molecule has 0 spiro atoms. The number of rotatable bonds is 0. The van der Waals surface area contributed by atoms with Crippen molar-refractivity contribution < 1.29 is 0 Å². The molecular formula is C98H64. The third kappa shape index (κ3) is 9.67. The van der Waals surface area contributed by atoms with Crippen LogP contribution in [0.5, 0.6) is 0 Å². The van der Waals surface area contributed by atoms with Crippen LogP contribution in [-0.2, 0) is 0 Å². The number of hydrogen-bond acceptors (Lipinski definition) is 0. The second kappa shape index (κ2) is 23.8. The first-order valence-electron chi connectivity index (χ1n) is 34.3. The second-order valence-electron chi connectivity index (χ2n) is 26.5. The molecule has 0 nitrogen and oxygen atoms in total. The van der Waals surface area contributed by atoms with Gasteiger partial charge in [-0.25, -0.2) is 0 Å². The molecule has 0 radical (unpaired) electrons. The Balaban J connectivity index is 0.0000000841. The molecule has 98 heavy (non-hydrogen) atoms. The van der Waals surface area contributed by atoms with Gasteiger partial charge in [0.05, 0.1) is 0 Å². The summed E-state index contributed by atoms with van der Waals surface area (Å²) in [6.07, 6.45) is 13.9. The Bertz CT molecular complexity index is 6050. The highest BCUT2D eigenvalue weighted by Crippen LogP contribution is 2.59. The predicted octanol–water partition coefficient (Wildman–Crippen LogP) is 27.2. The molecule has 0 saturated heterocycles. The zero-order valence-electron chi connectivity index (χ0n) is 54.0. The van der Waals surface area contributed by atoms with E-state index < -0.39 is 0 Å². The quantitative estimate of drug-likeness (QED) is 0.105. The van der Waals surface area contributed by atoms with E-state index in [1.807, 2.05) is 0 Å². The lowest BCUT2D eigenvalue weighted by molar-refractivity contribution is 0.678. The maximum absolute atomic E-state index is 2.33. The lowest BCUT2D eigenvalue weighted by atomic mass is 9.60. The van der Waals surface area contributed by atoms with E-state index in [1.165, 1.54) is 173 Å². The summed E-state index contributed by atoms with van der Waals surface area (Å²) in [4.78, 5) is 0. The molecule has 0 heteroatoms. The molecule has 0 aromatic heterocycles. The minimum Gasteiger partial charge on any atom is -0.0616 e. The first kappa shape index (κ1) is 57.0. The molecule has 0 fully saturated rings. The van der Waals surface area contributed by atoms with Gasteiger partial charge in [-0.15, -0.1) is 0 Å². The van der Waals surface area contributed by atoms with E-state index in [0.717, 1.165) is 0 Å². The average Bonchev–Trinajstić information content (AvgIpc) is 0.690. The summed E-state index contributed by atoms with van der Waals surface area (Å²) in [6.45, 7) is 0. The smallest absolute Gasteiger partial charge is 0.0211 e. The van der Waals surface area contributed by atoms with Gasteiger partial charge >= 0.3 is 0 Å². The van der Waals surface area contributed by atoms with Gasteiger partial charge in [-0.1, -0.05) is 364 Å². The Hall–Kier alpha value is -12.5. The number of fused-ring (bicyclic) bond motifs is 8. The zero-order chi connectivity index (χ0) is 64.6. The van der Waals surface area contributed by atoms with Gasteiger partial charge in [0.25, 0.3) is 0 Å². The van der Waals surface area contributed by atoms with Crippen molar-refractivity contribution in [2.24, 2.45) is 0 Å². The van der Waals surface area contributed by atoms with E-state index in [9.17, 15) is 0 Å². The van der Waals surface area contributed by atoms with Crippen LogP contribution >= 0.6 is 0 Å². The van der Waals surface area contributed by atoms with Crippen LogP contribution in [0.3, 0.4) is 0 Å². The van der Waals surface area contributed by atoms with Gasteiger partial charge in [-0.3, -0.25) is 0 Å². The lowest BCUT2D eigenvalue weighted by Crippen LogP contribution is -2.25. The van der Waals surface area contributed by atoms with Crippen molar-refractivity contribution in [2.45, 2.75) is 11.8 Å². The largest absolute Gasteiger partial charge is 0.0616 e. The van der Waals surface area contributed by atoms with Gasteiger partial charge in [0.15, 0.2) is 0 Å². The van der Waals surface area contributed by atoms with Crippen LogP contribution in [0.1, 0.15) is 34.1 Å². The van der Waals surface area contributed by atoms with Crippen LogP contribution in [0, 0.1) is 0 Å². The zero-order valence-corrected chi connectivity index (χ0v) is 54.0. The topological polar surface area (TPSA) is 0 Å². The van der Waals surface area contributed by atoms with Crippen molar-refractivity contribution in [3.63, 3.8) is 0 Å². The standard InChI is InChI=1S/C24H14.C20H12.C16H10.2C14H10.C10H8/c1-2-14-5-6-16-9-11-18-12-10-17-8-7-15-4-3-13(1)19-20(14)22(16)24(18)23(17)21(15)19;1-5-13-6-2-11-17-18-12-4-8-14-7-3-10-16(20(14)18)15(9-1)19(13)17;1-3-11-7-9-13-5-2-6-14-10-8-12(4-1)15(11)16(13)14;1-3-7-13-11(5-1)9-10-12-6-2-4-8-14(12)13;1-2-6-12-10-14-8-4-3-7-13(14)9-11(12)5-1;1-2-6-10-8-4-3-7-9(10)5-1/h1-12,19-20H;1-12H;1-10H;2*1-10H;1-8H. The Labute approximate surface area is 568 Å². The van der Waals surface area contributed by atoms with E-state index in [1.54, 1.807) is 11.1 Å². The Kier molecular flexibility index (Phi) is 13.8. The number of allylic oxidation sites excluding steroid dienone is 6. The molecule has 2 unspecified atom stereocenters. The Morgan fingerprint density at radius 1 is 0.153 bits per heavy atom. The van der Waals surface area contributed by atoms with Crippen LogP contribution in [-0.4, -0.2) is 0 Å². The molecule has 456 valence electrons. The van der Waals surface area contributed by atoms with E-state index in [0.29, 0.717) is 11.8 Å². The summed E-state index contributed by atoms with van der Waals surface area (Å²) in [5, 5.41) is 37.9. The molecular weight excluding hydrogens is 1180 g/mol. The minimum absolute atomic E-state index is 0.484. The van der Waals surface area contributed by atoms with Crippen molar-refractivity contribution >= 4 is 163 Å². The van der Waals surface area contributed by atoms with Gasteiger partial charge in [-0.05, 0) is 196 Å². The average molecular weight is 1240 g/mol. The molecule has 0 heterocycles. The highest BCUT2D eigenvalue weighted by Gasteiger charge is 2.41. The van der Waals surface area contributed by atoms with Gasteiger partial charge in [0, 0.05) is 11.8 Å². The molecule has 20 aromatic rings. The van der Waals surface area contributed by atoms with E-state index in [4.69, 9.17) is 0 Å². The normalized spacial score (nSPS) is 14.4. The molecule has 2 atom stereocenters. The van der Waals surface area contributed by atoms with Gasteiger partial charge < -0.3 is 0 Å². The molecule has 24 rings (SSSR count). The molecule has 0 saturated carbocycles. The monoisotopic (exact) mass is 1240 g/mol. The van der Waals surface area contributed by atoms with Gasteiger partial charge in [-0.2, -0.15) is 0 Å². The highest BCUT2D eigenvalue weighted by molar-refractivity contribution is 6.33. The third-order valence-corrected chi connectivity index (χ3v) is 21.1. The van der Waals surface area contributed by atoms with Crippen molar-refractivity contribution in [2.75, 3.05) is 0 Å². The van der Waals surface area contributed by atoms with Crippen LogP contribution in [0.15, 0.2) is 375 Å². The summed E-state index contributed by atoms with van der Waals surface area (Å²) in [5.41, 5.74) is 8.87. The summed E-state index contributed by atoms with van der Waals surface area (Å²) in [7, 11) is 0. The molecule has 0 amide bonds. The summed E-state index contributed by atoms with van der Waals surface area (Å²) in [6, 6.07) is 122. The minimum atomic E-state index is 0.484. The van der Waals surface area contributed by atoms with Crippen molar-refractivity contribution in [3.05, 3.63) is 397 Å². The SMILES string of the molecule is C1=Cc2ccc3ccc4ccc5c6c4c3c2C2C1=CC=C(C=C5)C62.c1cc2ccc3cccc4ccc(c1)c2c34.c1cc2cccc3c4cccc5cccc(c(c1)c23)c54.c1ccc2c(c1)ccc1ccccc12.c1ccc2cc3ccccc3cc2c1.c1ccc2ccccc2c1. The first-order valence-corrected chi connectivity index (χ1v) is 34.3. The van der Waals surface area contributed by atoms with E-state index in [2.05, 4.69) is 376 Å². The van der Waals surface area contributed by atoms with Crippen LogP contribution in [0.25, 0.3) is 163 Å². The summed E-state index contributed by atoms with van der Waals surface area (Å²) in [5.74, 6) is 0.968. The van der Waals surface area contributed by atoms with E-state index >= 15 is 0 Å². The number of hydrogen-bond donors (Lipinski definition) is 0. The van der Waals surface area contributed by atoms with Crippen molar-refractivity contribution in [3.8, 4) is 0 Å². The fraction of sp³-hybridized carbons (Fsp3) is 0.0204. The molecule has 0 aliphatic heterocycles. The Morgan fingerprint density at radius 3 is 0.724 bits per heavy atom. The molecule has 4 aliphatic carbocycles. The van der Waals surface area contributed by atoms with Gasteiger partial charge in [0.2, 0.25) is 0 Å². The highest BCUT2D eigenvalue weighted by atomic mass is 14.4. The maximum atomic E-state index is 2.33. The summed E-state index contributed by atoms with van der Waals surface area (Å²) < 4.78 is 0. The lowest BCUT2D eigenvalue weighted by Gasteiger charge is -2.42. The van der Waals surface area contributed by atoms with Crippen molar-refractivity contribution in [1.29, 1.82) is 0 Å². The molecule has 0 bridgehead atoms. The van der Waals surface area contributed by atoms with Crippen molar-refractivity contribution in [1.82, 2.24) is 0 Å². The fourth-order valence-electron chi connectivity index (χ4n) is 16.6. The number of benzene rings is 20. The van der Waals surface area contributed by atoms with Crippen LogP contribution in [0.4, 0.5) is 0 Å². The third-order valence-electron chi connectivity index (χ3n) is 21.1. The second-order valence-corrected chi connectivity index (χ2v) is 26.5.